The summed E-state index contributed by atoms with van der Waals surface area (Å²) in [5.74, 6) is -1.38. The first kappa shape index (κ1) is 10.9. The summed E-state index contributed by atoms with van der Waals surface area (Å²) in [6.07, 6.45) is -4.19. The van der Waals surface area contributed by atoms with Crippen LogP contribution in [0.1, 0.15) is 31.2 Å². The van der Waals surface area contributed by atoms with E-state index in [0.29, 0.717) is 6.20 Å². The first-order chi connectivity index (χ1) is 6.32. The second kappa shape index (κ2) is 3.51. The molecule has 14 heavy (non-hydrogen) atoms. The Morgan fingerprint density at radius 1 is 1.29 bits per heavy atom. The van der Waals surface area contributed by atoms with Gasteiger partial charge in [0.25, 0.3) is 0 Å². The van der Waals surface area contributed by atoms with Crippen molar-refractivity contribution in [2.75, 3.05) is 0 Å². The lowest BCUT2D eigenvalue weighted by molar-refractivity contribution is -0.141. The lowest BCUT2D eigenvalue weighted by Crippen LogP contribution is -2.12. The summed E-state index contributed by atoms with van der Waals surface area (Å²) in [7, 11) is 0. The molecule has 0 radical (unpaired) electrons. The Balaban J connectivity index is 3.20. The standard InChI is InChI=1S/C8H8F4N2/c1-4(2)6-7(9)13-3-5(14-6)8(10,11)12/h3-4H,1-2H3. The second-order valence-electron chi connectivity index (χ2n) is 3.08. The molecule has 0 amide bonds. The number of aromatic nitrogens is 2. The molecule has 6 heteroatoms. The fourth-order valence-corrected chi connectivity index (χ4v) is 0.893. The fraction of sp³-hybridized carbons (Fsp3) is 0.500. The van der Waals surface area contributed by atoms with Gasteiger partial charge in [-0.25, -0.2) is 9.97 Å². The molecule has 0 atom stereocenters. The van der Waals surface area contributed by atoms with Gasteiger partial charge in [0.1, 0.15) is 0 Å². The molecule has 0 saturated heterocycles. The maximum absolute atomic E-state index is 12.9. The van der Waals surface area contributed by atoms with E-state index >= 15 is 0 Å². The van der Waals surface area contributed by atoms with E-state index in [-0.39, 0.29) is 5.69 Å². The molecule has 0 spiro atoms. The van der Waals surface area contributed by atoms with E-state index < -0.39 is 23.7 Å². The summed E-state index contributed by atoms with van der Waals surface area (Å²) in [6, 6.07) is 0. The van der Waals surface area contributed by atoms with Crippen LogP contribution < -0.4 is 0 Å². The number of halogens is 4. The minimum Gasteiger partial charge on any atom is -0.242 e. The first-order valence-electron chi connectivity index (χ1n) is 3.92. The van der Waals surface area contributed by atoms with Crippen LogP contribution >= 0.6 is 0 Å². The number of hydrogen-bond acceptors (Lipinski definition) is 2. The van der Waals surface area contributed by atoms with Crippen molar-refractivity contribution >= 4 is 0 Å². The van der Waals surface area contributed by atoms with Crippen LogP contribution in [0.3, 0.4) is 0 Å². The Bertz CT molecular complexity index is 333. The molecule has 1 aromatic rings. The van der Waals surface area contributed by atoms with Crippen LogP contribution in [0.15, 0.2) is 6.20 Å². The Morgan fingerprint density at radius 3 is 2.29 bits per heavy atom. The van der Waals surface area contributed by atoms with Crippen molar-refractivity contribution in [3.05, 3.63) is 23.5 Å². The zero-order valence-electron chi connectivity index (χ0n) is 7.56. The zero-order chi connectivity index (χ0) is 10.9. The van der Waals surface area contributed by atoms with Crippen molar-refractivity contribution in [3.8, 4) is 0 Å². The first-order valence-corrected chi connectivity index (χ1v) is 3.92. The highest BCUT2D eigenvalue weighted by Gasteiger charge is 2.34. The summed E-state index contributed by atoms with van der Waals surface area (Å²) >= 11 is 0. The summed E-state index contributed by atoms with van der Waals surface area (Å²) in [5, 5.41) is 0. The van der Waals surface area contributed by atoms with Crippen molar-refractivity contribution in [3.63, 3.8) is 0 Å². The third kappa shape index (κ3) is 2.18. The molecule has 0 aliphatic heterocycles. The van der Waals surface area contributed by atoms with E-state index in [1.807, 2.05) is 0 Å². The van der Waals surface area contributed by atoms with Crippen LogP contribution in [0.25, 0.3) is 0 Å². The molecule has 0 aliphatic carbocycles. The molecule has 1 rings (SSSR count). The van der Waals surface area contributed by atoms with E-state index in [2.05, 4.69) is 9.97 Å². The summed E-state index contributed by atoms with van der Waals surface area (Å²) < 4.78 is 49.3. The SMILES string of the molecule is CC(C)c1nc(C(F)(F)F)cnc1F. The Hall–Kier alpha value is -1.20. The molecule has 0 saturated carbocycles. The molecule has 2 nitrogen and oxygen atoms in total. The van der Waals surface area contributed by atoms with Crippen LogP contribution in [-0.4, -0.2) is 9.97 Å². The molecule has 1 heterocycles. The normalized spacial score (nSPS) is 12.2. The van der Waals surface area contributed by atoms with Crippen molar-refractivity contribution in [1.82, 2.24) is 9.97 Å². The minimum absolute atomic E-state index is 0.264. The lowest BCUT2D eigenvalue weighted by Gasteiger charge is -2.09. The smallest absolute Gasteiger partial charge is 0.242 e. The van der Waals surface area contributed by atoms with Crippen LogP contribution in [0.2, 0.25) is 0 Å². The molecular weight excluding hydrogens is 200 g/mol. The van der Waals surface area contributed by atoms with Crippen LogP contribution in [0, 0.1) is 5.95 Å². The fourth-order valence-electron chi connectivity index (χ4n) is 0.893. The Labute approximate surface area is 78.0 Å². The Morgan fingerprint density at radius 2 is 1.86 bits per heavy atom. The van der Waals surface area contributed by atoms with E-state index in [4.69, 9.17) is 0 Å². The second-order valence-corrected chi connectivity index (χ2v) is 3.08. The van der Waals surface area contributed by atoms with Crippen LogP contribution in [0.4, 0.5) is 17.6 Å². The average molecular weight is 208 g/mol. The highest BCUT2D eigenvalue weighted by molar-refractivity contribution is 5.10. The third-order valence-corrected chi connectivity index (χ3v) is 1.59. The predicted octanol–water partition coefficient (Wildman–Crippen LogP) is 2.76. The van der Waals surface area contributed by atoms with Crippen molar-refractivity contribution in [2.45, 2.75) is 25.9 Å². The van der Waals surface area contributed by atoms with E-state index in [0.717, 1.165) is 0 Å². The van der Waals surface area contributed by atoms with Crippen molar-refractivity contribution < 1.29 is 17.6 Å². The molecule has 0 aromatic carbocycles. The molecular formula is C8H8F4N2. The van der Waals surface area contributed by atoms with Gasteiger partial charge in [0.15, 0.2) is 5.69 Å². The summed E-state index contributed by atoms with van der Waals surface area (Å²) in [6.45, 7) is 3.10. The number of hydrogen-bond donors (Lipinski definition) is 0. The largest absolute Gasteiger partial charge is 0.434 e. The highest BCUT2D eigenvalue weighted by Crippen LogP contribution is 2.28. The van der Waals surface area contributed by atoms with Gasteiger partial charge in [0, 0.05) is 5.92 Å². The van der Waals surface area contributed by atoms with Crippen molar-refractivity contribution in [2.24, 2.45) is 0 Å². The highest BCUT2D eigenvalue weighted by atomic mass is 19.4. The molecule has 0 bridgehead atoms. The van der Waals surface area contributed by atoms with Gasteiger partial charge in [-0.3, -0.25) is 0 Å². The zero-order valence-corrected chi connectivity index (χ0v) is 7.56. The van der Waals surface area contributed by atoms with Crippen LogP contribution in [0.5, 0.6) is 0 Å². The van der Waals surface area contributed by atoms with Gasteiger partial charge in [0.2, 0.25) is 5.95 Å². The van der Waals surface area contributed by atoms with Crippen molar-refractivity contribution in [1.29, 1.82) is 0 Å². The van der Waals surface area contributed by atoms with Gasteiger partial charge in [-0.15, -0.1) is 0 Å². The van der Waals surface area contributed by atoms with Gasteiger partial charge in [-0.2, -0.15) is 17.6 Å². The Kier molecular flexibility index (Phi) is 2.73. The number of rotatable bonds is 1. The van der Waals surface area contributed by atoms with Gasteiger partial charge < -0.3 is 0 Å². The average Bonchev–Trinajstić information content (AvgIpc) is 2.02. The minimum atomic E-state index is -4.58. The number of alkyl halides is 3. The maximum Gasteiger partial charge on any atom is 0.434 e. The quantitative estimate of drug-likeness (QED) is 0.663. The maximum atomic E-state index is 12.9. The lowest BCUT2D eigenvalue weighted by atomic mass is 10.1. The summed E-state index contributed by atoms with van der Waals surface area (Å²) in [5.41, 5.74) is -1.43. The molecule has 0 fully saturated rings. The van der Waals surface area contributed by atoms with E-state index in [9.17, 15) is 17.6 Å². The molecule has 0 aliphatic rings. The molecule has 1 aromatic heterocycles. The molecule has 78 valence electrons. The molecule has 0 N–H and O–H groups in total. The summed E-state index contributed by atoms with van der Waals surface area (Å²) in [4.78, 5) is 6.20. The molecule has 0 unspecified atom stereocenters. The van der Waals surface area contributed by atoms with Crippen LogP contribution in [-0.2, 0) is 6.18 Å². The third-order valence-electron chi connectivity index (χ3n) is 1.59. The van der Waals surface area contributed by atoms with Gasteiger partial charge in [-0.1, -0.05) is 13.8 Å². The predicted molar refractivity (Wildman–Crippen MR) is 41.1 cm³/mol. The van der Waals surface area contributed by atoms with Gasteiger partial charge in [-0.05, 0) is 0 Å². The number of nitrogens with zero attached hydrogens (tertiary/aromatic N) is 2. The van der Waals surface area contributed by atoms with Gasteiger partial charge >= 0.3 is 6.18 Å². The van der Waals surface area contributed by atoms with Gasteiger partial charge in [0.05, 0.1) is 11.9 Å². The topological polar surface area (TPSA) is 25.8 Å². The van der Waals surface area contributed by atoms with E-state index in [1.54, 1.807) is 13.8 Å². The van der Waals surface area contributed by atoms with E-state index in [1.165, 1.54) is 0 Å². The monoisotopic (exact) mass is 208 g/mol.